The zero-order valence-electron chi connectivity index (χ0n) is 13.8. The van der Waals surface area contributed by atoms with E-state index in [4.69, 9.17) is 0 Å². The van der Waals surface area contributed by atoms with Crippen LogP contribution >= 0.6 is 0 Å². The van der Waals surface area contributed by atoms with Crippen molar-refractivity contribution in [1.82, 2.24) is 9.88 Å². The van der Waals surface area contributed by atoms with Crippen LogP contribution in [0.25, 0.3) is 10.9 Å². The topological polar surface area (TPSA) is 28.2 Å². The van der Waals surface area contributed by atoms with Gasteiger partial charge in [-0.1, -0.05) is 25.1 Å². The molecule has 2 aromatic rings. The molecule has 3 rings (SSSR count). The number of benzene rings is 1. The Bertz CT molecular complexity index is 615. The van der Waals surface area contributed by atoms with E-state index in [9.17, 15) is 0 Å². The number of piperidine rings is 1. The monoisotopic (exact) mass is 297 g/mol. The maximum absolute atomic E-state index is 4.60. The summed E-state index contributed by atoms with van der Waals surface area (Å²) < 4.78 is 0. The van der Waals surface area contributed by atoms with Crippen LogP contribution in [0.15, 0.2) is 30.3 Å². The number of hydrogen-bond donors (Lipinski definition) is 1. The minimum atomic E-state index is 0.917. The first kappa shape index (κ1) is 15.3. The lowest BCUT2D eigenvalue weighted by Gasteiger charge is -2.30. The lowest BCUT2D eigenvalue weighted by atomic mass is 9.99. The van der Waals surface area contributed by atoms with Crippen molar-refractivity contribution in [2.75, 3.05) is 31.5 Å². The fourth-order valence-corrected chi connectivity index (χ4v) is 3.27. The Morgan fingerprint density at radius 1 is 1.23 bits per heavy atom. The SMILES string of the molecule is Cc1cc(NCCCN2CCC(C)CC2)c2ccccc2n1. The van der Waals surface area contributed by atoms with Crippen molar-refractivity contribution >= 4 is 16.6 Å². The lowest BCUT2D eigenvalue weighted by molar-refractivity contribution is 0.192. The van der Waals surface area contributed by atoms with E-state index in [2.05, 4.69) is 59.4 Å². The molecule has 0 bridgehead atoms. The number of aryl methyl sites for hydroxylation is 1. The van der Waals surface area contributed by atoms with Gasteiger partial charge in [-0.2, -0.15) is 0 Å². The Kier molecular flexibility index (Phi) is 4.94. The molecule has 1 aromatic carbocycles. The van der Waals surface area contributed by atoms with E-state index in [1.807, 2.05) is 0 Å². The van der Waals surface area contributed by atoms with Crippen LogP contribution in [0.5, 0.6) is 0 Å². The van der Waals surface area contributed by atoms with Gasteiger partial charge in [0.25, 0.3) is 0 Å². The molecule has 1 fully saturated rings. The van der Waals surface area contributed by atoms with Crippen molar-refractivity contribution in [3.8, 4) is 0 Å². The van der Waals surface area contributed by atoms with E-state index in [0.29, 0.717) is 0 Å². The first-order valence-electron chi connectivity index (χ1n) is 8.55. The van der Waals surface area contributed by atoms with Crippen molar-refractivity contribution in [3.05, 3.63) is 36.0 Å². The molecule has 22 heavy (non-hydrogen) atoms. The van der Waals surface area contributed by atoms with Gasteiger partial charge in [-0.25, -0.2) is 0 Å². The molecule has 0 unspecified atom stereocenters. The number of rotatable bonds is 5. The summed E-state index contributed by atoms with van der Waals surface area (Å²) in [6, 6.07) is 10.5. The molecule has 0 atom stereocenters. The number of aromatic nitrogens is 1. The molecule has 2 heterocycles. The van der Waals surface area contributed by atoms with Crippen LogP contribution in [-0.4, -0.2) is 36.1 Å². The maximum Gasteiger partial charge on any atom is 0.0725 e. The third-order valence-electron chi connectivity index (χ3n) is 4.69. The molecule has 1 aliphatic heterocycles. The molecule has 0 amide bonds. The number of anilines is 1. The van der Waals surface area contributed by atoms with E-state index in [1.165, 1.54) is 50.0 Å². The number of para-hydroxylation sites is 1. The smallest absolute Gasteiger partial charge is 0.0725 e. The molecule has 0 aliphatic carbocycles. The Labute approximate surface area is 133 Å². The van der Waals surface area contributed by atoms with Crippen LogP contribution in [0.4, 0.5) is 5.69 Å². The first-order valence-corrected chi connectivity index (χ1v) is 8.55. The normalized spacial score (nSPS) is 17.0. The highest BCUT2D eigenvalue weighted by Crippen LogP contribution is 2.23. The average molecular weight is 297 g/mol. The molecule has 118 valence electrons. The predicted molar refractivity (Wildman–Crippen MR) is 94.4 cm³/mol. The summed E-state index contributed by atoms with van der Waals surface area (Å²) in [6.45, 7) is 9.22. The molecule has 3 nitrogen and oxygen atoms in total. The first-order chi connectivity index (χ1) is 10.7. The number of nitrogens with one attached hydrogen (secondary N) is 1. The Morgan fingerprint density at radius 2 is 2.00 bits per heavy atom. The number of hydrogen-bond acceptors (Lipinski definition) is 3. The summed E-state index contributed by atoms with van der Waals surface area (Å²) in [5, 5.41) is 4.83. The van der Waals surface area contributed by atoms with Gasteiger partial charge in [-0.15, -0.1) is 0 Å². The summed E-state index contributed by atoms with van der Waals surface area (Å²) in [5.74, 6) is 0.917. The molecule has 1 N–H and O–H groups in total. The summed E-state index contributed by atoms with van der Waals surface area (Å²) in [5.41, 5.74) is 3.37. The Morgan fingerprint density at radius 3 is 2.82 bits per heavy atom. The molecule has 1 aliphatic rings. The van der Waals surface area contributed by atoms with Crippen LogP contribution in [0.1, 0.15) is 31.9 Å². The minimum Gasteiger partial charge on any atom is -0.384 e. The predicted octanol–water partition coefficient (Wildman–Crippen LogP) is 4.08. The maximum atomic E-state index is 4.60. The number of nitrogens with zero attached hydrogens (tertiary/aromatic N) is 2. The molecule has 1 aromatic heterocycles. The highest BCUT2D eigenvalue weighted by atomic mass is 15.1. The zero-order chi connectivity index (χ0) is 15.4. The van der Waals surface area contributed by atoms with E-state index in [1.54, 1.807) is 0 Å². The summed E-state index contributed by atoms with van der Waals surface area (Å²) in [7, 11) is 0. The van der Waals surface area contributed by atoms with Crippen LogP contribution in [0.2, 0.25) is 0 Å². The van der Waals surface area contributed by atoms with Crippen molar-refractivity contribution in [2.45, 2.75) is 33.1 Å². The second kappa shape index (κ2) is 7.10. The van der Waals surface area contributed by atoms with Gasteiger partial charge in [0.2, 0.25) is 0 Å². The second-order valence-electron chi connectivity index (χ2n) is 6.63. The van der Waals surface area contributed by atoms with Crippen LogP contribution in [-0.2, 0) is 0 Å². The highest BCUT2D eigenvalue weighted by Gasteiger charge is 2.14. The number of likely N-dealkylation sites (tertiary alicyclic amines) is 1. The van der Waals surface area contributed by atoms with Gasteiger partial charge >= 0.3 is 0 Å². The Hall–Kier alpha value is -1.61. The van der Waals surface area contributed by atoms with Gasteiger partial charge in [0.15, 0.2) is 0 Å². The third kappa shape index (κ3) is 3.77. The van der Waals surface area contributed by atoms with E-state index in [0.717, 1.165) is 23.7 Å². The summed E-state index contributed by atoms with van der Waals surface area (Å²) >= 11 is 0. The minimum absolute atomic E-state index is 0.917. The standard InChI is InChI=1S/C19H27N3/c1-15-8-12-22(13-9-15)11-5-10-20-19-14-16(2)21-18-7-4-3-6-17(18)19/h3-4,6-7,14-15H,5,8-13H2,1-2H3,(H,20,21). The van der Waals surface area contributed by atoms with E-state index < -0.39 is 0 Å². The molecule has 1 saturated heterocycles. The van der Waals surface area contributed by atoms with E-state index >= 15 is 0 Å². The van der Waals surface area contributed by atoms with E-state index in [-0.39, 0.29) is 0 Å². The molecule has 0 radical (unpaired) electrons. The van der Waals surface area contributed by atoms with Crippen molar-refractivity contribution in [2.24, 2.45) is 5.92 Å². The van der Waals surface area contributed by atoms with Crippen molar-refractivity contribution in [1.29, 1.82) is 0 Å². The van der Waals surface area contributed by atoms with Gasteiger partial charge in [0, 0.05) is 23.3 Å². The quantitative estimate of drug-likeness (QED) is 0.843. The van der Waals surface area contributed by atoms with Crippen LogP contribution < -0.4 is 5.32 Å². The van der Waals surface area contributed by atoms with Crippen molar-refractivity contribution in [3.63, 3.8) is 0 Å². The van der Waals surface area contributed by atoms with Gasteiger partial charge < -0.3 is 10.2 Å². The van der Waals surface area contributed by atoms with Gasteiger partial charge in [-0.05, 0) is 63.9 Å². The van der Waals surface area contributed by atoms with Crippen LogP contribution in [0.3, 0.4) is 0 Å². The van der Waals surface area contributed by atoms with Gasteiger partial charge in [-0.3, -0.25) is 4.98 Å². The Balaban J connectivity index is 1.53. The lowest BCUT2D eigenvalue weighted by Crippen LogP contribution is -2.34. The molecule has 0 saturated carbocycles. The average Bonchev–Trinajstić information content (AvgIpc) is 2.53. The van der Waals surface area contributed by atoms with Gasteiger partial charge in [0.1, 0.15) is 0 Å². The fraction of sp³-hybridized carbons (Fsp3) is 0.526. The fourth-order valence-electron chi connectivity index (χ4n) is 3.27. The van der Waals surface area contributed by atoms with Crippen LogP contribution in [0, 0.1) is 12.8 Å². The third-order valence-corrected chi connectivity index (χ3v) is 4.69. The summed E-state index contributed by atoms with van der Waals surface area (Å²) in [4.78, 5) is 7.21. The molecule has 3 heteroatoms. The van der Waals surface area contributed by atoms with Gasteiger partial charge in [0.05, 0.1) is 5.52 Å². The highest BCUT2D eigenvalue weighted by molar-refractivity contribution is 5.91. The van der Waals surface area contributed by atoms with Crippen molar-refractivity contribution < 1.29 is 0 Å². The second-order valence-corrected chi connectivity index (χ2v) is 6.63. The molecular formula is C19H27N3. The number of fused-ring (bicyclic) bond motifs is 1. The number of pyridine rings is 1. The molecule has 0 spiro atoms. The largest absolute Gasteiger partial charge is 0.384 e. The summed E-state index contributed by atoms with van der Waals surface area (Å²) in [6.07, 6.45) is 3.92. The molecular weight excluding hydrogens is 270 g/mol. The zero-order valence-corrected chi connectivity index (χ0v) is 13.8.